The number of anilines is 2. The monoisotopic (exact) mass is 356 g/mol. The van der Waals surface area contributed by atoms with Crippen LogP contribution in [0.3, 0.4) is 0 Å². The lowest BCUT2D eigenvalue weighted by Gasteiger charge is -2.45. The SMILES string of the molecule is [B]c1c(NC)nc(Cl)nc1N(CC(=C)C)C12CC(C(F)(F)F)C1C2. The van der Waals surface area contributed by atoms with Crippen molar-refractivity contribution in [2.45, 2.75) is 31.5 Å². The van der Waals surface area contributed by atoms with E-state index >= 15 is 0 Å². The molecule has 0 aliphatic heterocycles. The molecule has 2 saturated carbocycles. The molecular weight excluding hydrogens is 339 g/mol. The molecule has 3 rings (SSSR count). The Bertz CT molecular complexity index is 696. The Hall–Kier alpha value is -1.44. The molecule has 4 nitrogen and oxygen atoms in total. The highest BCUT2D eigenvalue weighted by Crippen LogP contribution is 2.70. The van der Waals surface area contributed by atoms with E-state index < -0.39 is 23.6 Å². The Morgan fingerprint density at radius 2 is 2.12 bits per heavy atom. The molecule has 1 heterocycles. The lowest BCUT2D eigenvalue weighted by atomic mass is 9.78. The zero-order valence-corrected chi connectivity index (χ0v) is 14.2. The average molecular weight is 357 g/mol. The Kier molecular flexibility index (Phi) is 4.02. The van der Waals surface area contributed by atoms with Gasteiger partial charge in [0.15, 0.2) is 0 Å². The van der Waals surface area contributed by atoms with Crippen molar-refractivity contribution in [2.75, 3.05) is 23.8 Å². The third-order valence-electron chi connectivity index (χ3n) is 4.94. The summed E-state index contributed by atoms with van der Waals surface area (Å²) in [4.78, 5) is 10.0. The minimum absolute atomic E-state index is 0.00411. The minimum Gasteiger partial charge on any atom is -0.373 e. The van der Waals surface area contributed by atoms with Crippen molar-refractivity contribution in [3.63, 3.8) is 0 Å². The van der Waals surface area contributed by atoms with Crippen LogP contribution in [0.1, 0.15) is 19.8 Å². The fraction of sp³-hybridized carbons (Fsp3) is 0.600. The Balaban J connectivity index is 1.97. The summed E-state index contributed by atoms with van der Waals surface area (Å²) in [6.07, 6.45) is -3.64. The quantitative estimate of drug-likeness (QED) is 0.500. The van der Waals surface area contributed by atoms with Crippen LogP contribution < -0.4 is 15.7 Å². The number of nitrogens with one attached hydrogen (secondary N) is 1. The predicted octanol–water partition coefficient (Wildman–Crippen LogP) is 2.69. The zero-order valence-electron chi connectivity index (χ0n) is 13.4. The molecule has 0 amide bonds. The summed E-state index contributed by atoms with van der Waals surface area (Å²) in [5.74, 6) is -0.960. The molecule has 9 heteroatoms. The third-order valence-corrected chi connectivity index (χ3v) is 5.11. The molecule has 0 spiro atoms. The number of hydrogen-bond acceptors (Lipinski definition) is 4. The summed E-state index contributed by atoms with van der Waals surface area (Å²) >= 11 is 5.96. The first-order valence-electron chi connectivity index (χ1n) is 7.59. The van der Waals surface area contributed by atoms with Gasteiger partial charge in [-0.05, 0) is 42.7 Å². The fourth-order valence-electron chi connectivity index (χ4n) is 3.74. The standard InChI is InChI=1S/C15H17BClF3N4/c1-7(2)6-24(12-10(16)11(21-3)22-13(17)23-12)14-4-8(14)9(5-14)15(18,19)20/h8-9H,1,4-6H2,2-3H3,(H,21,22,23). The maximum Gasteiger partial charge on any atom is 0.392 e. The van der Waals surface area contributed by atoms with E-state index in [0.717, 1.165) is 5.57 Å². The highest BCUT2D eigenvalue weighted by Gasteiger charge is 2.76. The molecule has 2 radical (unpaired) electrons. The molecule has 0 bridgehead atoms. The van der Waals surface area contributed by atoms with E-state index in [1.54, 1.807) is 7.05 Å². The largest absolute Gasteiger partial charge is 0.392 e. The van der Waals surface area contributed by atoms with Crippen molar-refractivity contribution in [2.24, 2.45) is 11.8 Å². The van der Waals surface area contributed by atoms with Gasteiger partial charge in [0.2, 0.25) is 5.28 Å². The van der Waals surface area contributed by atoms with Crippen LogP contribution in [0.15, 0.2) is 12.2 Å². The van der Waals surface area contributed by atoms with Gasteiger partial charge >= 0.3 is 6.18 Å². The summed E-state index contributed by atoms with van der Waals surface area (Å²) in [6, 6.07) is 0. The number of alkyl halides is 3. The van der Waals surface area contributed by atoms with Gasteiger partial charge in [-0.3, -0.25) is 0 Å². The van der Waals surface area contributed by atoms with Crippen LogP contribution in [0.25, 0.3) is 0 Å². The van der Waals surface area contributed by atoms with Crippen LogP contribution in [-0.2, 0) is 0 Å². The van der Waals surface area contributed by atoms with Gasteiger partial charge in [-0.2, -0.15) is 13.2 Å². The normalized spacial score (nSPS) is 27.9. The number of fused-ring (bicyclic) bond motifs is 1. The van der Waals surface area contributed by atoms with Gasteiger partial charge in [-0.15, -0.1) is 0 Å². The third kappa shape index (κ3) is 2.64. The second kappa shape index (κ2) is 5.54. The zero-order chi connectivity index (χ0) is 17.9. The molecule has 3 unspecified atom stereocenters. The molecule has 2 aliphatic carbocycles. The predicted molar refractivity (Wildman–Crippen MR) is 89.1 cm³/mol. The van der Waals surface area contributed by atoms with Gasteiger partial charge in [0.1, 0.15) is 19.5 Å². The summed E-state index contributed by atoms with van der Waals surface area (Å²) < 4.78 is 39.1. The van der Waals surface area contributed by atoms with E-state index in [-0.39, 0.29) is 17.2 Å². The van der Waals surface area contributed by atoms with Gasteiger partial charge in [0, 0.05) is 19.1 Å². The van der Waals surface area contributed by atoms with Gasteiger partial charge in [-0.25, -0.2) is 9.97 Å². The number of nitrogens with zero attached hydrogens (tertiary/aromatic N) is 3. The van der Waals surface area contributed by atoms with E-state index in [4.69, 9.17) is 19.4 Å². The Labute approximate surface area is 144 Å². The number of halogens is 4. The summed E-state index contributed by atoms with van der Waals surface area (Å²) in [5, 5.41) is 2.83. The highest BCUT2D eigenvalue weighted by atomic mass is 35.5. The Morgan fingerprint density at radius 1 is 1.46 bits per heavy atom. The van der Waals surface area contributed by atoms with Crippen molar-refractivity contribution in [1.82, 2.24) is 9.97 Å². The molecule has 1 N–H and O–H groups in total. The van der Waals surface area contributed by atoms with Crippen LogP contribution >= 0.6 is 11.6 Å². The second-order valence-corrected chi connectivity index (χ2v) is 6.98. The summed E-state index contributed by atoms with van der Waals surface area (Å²) in [6.45, 7) is 6.07. The maximum atomic E-state index is 13.0. The van der Waals surface area contributed by atoms with Gasteiger partial charge < -0.3 is 10.2 Å². The van der Waals surface area contributed by atoms with Gasteiger partial charge in [0.05, 0.1) is 5.92 Å². The van der Waals surface area contributed by atoms with Crippen molar-refractivity contribution in [3.05, 3.63) is 17.4 Å². The number of hydrogen-bond donors (Lipinski definition) is 1. The van der Waals surface area contributed by atoms with E-state index in [0.29, 0.717) is 24.6 Å². The molecule has 24 heavy (non-hydrogen) atoms. The van der Waals surface area contributed by atoms with E-state index in [1.807, 2.05) is 11.8 Å². The van der Waals surface area contributed by atoms with Gasteiger partial charge in [0.25, 0.3) is 0 Å². The maximum absolute atomic E-state index is 13.0. The molecule has 128 valence electrons. The molecular formula is C15H17BClF3N4. The first-order valence-corrected chi connectivity index (χ1v) is 7.97. The second-order valence-electron chi connectivity index (χ2n) is 6.64. The molecule has 2 aliphatic rings. The van der Waals surface area contributed by atoms with Crippen molar-refractivity contribution in [1.29, 1.82) is 0 Å². The molecule has 0 saturated heterocycles. The van der Waals surface area contributed by atoms with Crippen LogP contribution in [0.2, 0.25) is 5.28 Å². The first-order chi connectivity index (χ1) is 11.1. The molecule has 1 aromatic rings. The Morgan fingerprint density at radius 3 is 2.62 bits per heavy atom. The number of aromatic nitrogens is 2. The first kappa shape index (κ1) is 17.4. The smallest absolute Gasteiger partial charge is 0.373 e. The van der Waals surface area contributed by atoms with E-state index in [9.17, 15) is 13.2 Å². The summed E-state index contributed by atoms with van der Waals surface area (Å²) in [7, 11) is 7.76. The van der Waals surface area contributed by atoms with Crippen LogP contribution in [-0.4, -0.2) is 43.1 Å². The van der Waals surface area contributed by atoms with Crippen LogP contribution in [0.4, 0.5) is 24.8 Å². The van der Waals surface area contributed by atoms with Gasteiger partial charge in [-0.1, -0.05) is 12.2 Å². The average Bonchev–Trinajstić information content (AvgIpc) is 3.01. The molecule has 1 aromatic heterocycles. The topological polar surface area (TPSA) is 41.1 Å². The van der Waals surface area contributed by atoms with Crippen LogP contribution in [0.5, 0.6) is 0 Å². The molecule has 3 atom stereocenters. The summed E-state index contributed by atoms with van der Waals surface area (Å²) in [5.41, 5.74) is 0.528. The van der Waals surface area contributed by atoms with E-state index in [2.05, 4.69) is 21.9 Å². The van der Waals surface area contributed by atoms with Crippen LogP contribution in [0, 0.1) is 11.8 Å². The fourth-order valence-corrected chi connectivity index (χ4v) is 3.91. The van der Waals surface area contributed by atoms with Crippen molar-refractivity contribution >= 4 is 36.5 Å². The molecule has 2 fully saturated rings. The van der Waals surface area contributed by atoms with Crippen molar-refractivity contribution < 1.29 is 13.2 Å². The minimum atomic E-state index is -4.16. The van der Waals surface area contributed by atoms with Crippen molar-refractivity contribution in [3.8, 4) is 0 Å². The lowest BCUT2D eigenvalue weighted by molar-refractivity contribution is -0.200. The lowest BCUT2D eigenvalue weighted by Crippen LogP contribution is -2.53. The molecule has 0 aromatic carbocycles. The number of rotatable bonds is 5. The van der Waals surface area contributed by atoms with E-state index in [1.165, 1.54) is 0 Å². The highest BCUT2D eigenvalue weighted by molar-refractivity contribution is 6.39.